The van der Waals surface area contributed by atoms with E-state index in [1.165, 1.54) is 12.1 Å². The molecule has 1 N–H and O–H groups in total. The van der Waals surface area contributed by atoms with E-state index in [-0.39, 0.29) is 11.7 Å². The lowest BCUT2D eigenvalue weighted by molar-refractivity contribution is 0.0273. The van der Waals surface area contributed by atoms with Crippen LogP contribution in [0.4, 0.5) is 9.18 Å². The Hall–Kier alpha value is -3.68. The zero-order chi connectivity index (χ0) is 23.0. The number of halogens is 1. The van der Waals surface area contributed by atoms with Gasteiger partial charge in [-0.25, -0.2) is 14.0 Å². The summed E-state index contributed by atoms with van der Waals surface area (Å²) in [7, 11) is 0. The van der Waals surface area contributed by atoms with E-state index in [1.807, 2.05) is 33.0 Å². The highest BCUT2D eigenvalue weighted by Gasteiger charge is 2.26. The Bertz CT molecular complexity index is 1240. The normalized spacial score (nSPS) is 14.4. The third-order valence-corrected chi connectivity index (χ3v) is 5.21. The number of fused-ring (bicyclic) bond motifs is 1. The Morgan fingerprint density at radius 3 is 2.72 bits per heavy atom. The minimum absolute atomic E-state index is 0.148. The van der Waals surface area contributed by atoms with E-state index in [0.717, 1.165) is 22.6 Å². The van der Waals surface area contributed by atoms with E-state index in [1.54, 1.807) is 21.9 Å². The second-order valence-corrected chi connectivity index (χ2v) is 8.69. The van der Waals surface area contributed by atoms with Gasteiger partial charge in [-0.3, -0.25) is 4.98 Å². The second-order valence-electron chi connectivity index (χ2n) is 8.69. The van der Waals surface area contributed by atoms with Gasteiger partial charge < -0.3 is 19.3 Å². The van der Waals surface area contributed by atoms with Crippen molar-refractivity contribution in [2.45, 2.75) is 32.8 Å². The number of aromatic carboxylic acids is 1. The van der Waals surface area contributed by atoms with E-state index in [0.29, 0.717) is 30.7 Å². The Kier molecular flexibility index (Phi) is 5.46. The molecule has 3 aromatic rings. The first-order valence-corrected chi connectivity index (χ1v) is 10.3. The van der Waals surface area contributed by atoms with Crippen LogP contribution in [0.5, 0.6) is 0 Å². The number of rotatable bonds is 3. The maximum atomic E-state index is 13.7. The minimum Gasteiger partial charge on any atom is -0.478 e. The predicted molar refractivity (Wildman–Crippen MR) is 118 cm³/mol. The number of carboxylic acids is 1. The molecule has 0 fully saturated rings. The quantitative estimate of drug-likeness (QED) is 0.631. The van der Waals surface area contributed by atoms with Crippen LogP contribution < -0.4 is 0 Å². The number of ether oxygens (including phenoxy) is 1. The highest BCUT2D eigenvalue weighted by atomic mass is 19.1. The molecule has 3 heterocycles. The highest BCUT2D eigenvalue weighted by Crippen LogP contribution is 2.33. The fraction of sp³-hybridized carbons (Fsp3) is 0.292. The van der Waals surface area contributed by atoms with E-state index in [9.17, 15) is 19.1 Å². The maximum absolute atomic E-state index is 13.7. The average molecular weight is 437 g/mol. The highest BCUT2D eigenvalue weighted by molar-refractivity contribution is 5.97. The molecule has 4 rings (SSSR count). The van der Waals surface area contributed by atoms with Crippen molar-refractivity contribution in [1.82, 2.24) is 14.5 Å². The summed E-state index contributed by atoms with van der Waals surface area (Å²) >= 11 is 0. The molecule has 1 aromatic carbocycles. The fourth-order valence-corrected chi connectivity index (χ4v) is 3.84. The smallest absolute Gasteiger partial charge is 0.410 e. The van der Waals surface area contributed by atoms with Crippen molar-refractivity contribution in [3.05, 3.63) is 65.9 Å². The number of carbonyl (C=O) groups excluding carboxylic acids is 1. The van der Waals surface area contributed by atoms with E-state index < -0.39 is 17.4 Å². The average Bonchev–Trinajstić information content (AvgIpc) is 3.12. The molecule has 0 spiro atoms. The van der Waals surface area contributed by atoms with Crippen molar-refractivity contribution in [2.75, 3.05) is 13.1 Å². The number of carbonyl (C=O) groups is 2. The summed E-state index contributed by atoms with van der Waals surface area (Å²) in [6.45, 7) is 6.41. The van der Waals surface area contributed by atoms with E-state index in [4.69, 9.17) is 4.74 Å². The molecular formula is C24H24FN3O4. The molecule has 0 radical (unpaired) electrons. The first-order chi connectivity index (χ1) is 15.1. The van der Waals surface area contributed by atoms with Crippen LogP contribution in [0.15, 0.2) is 48.9 Å². The van der Waals surface area contributed by atoms with Gasteiger partial charge in [-0.05, 0) is 57.0 Å². The topological polar surface area (TPSA) is 84.7 Å². The van der Waals surface area contributed by atoms with Crippen molar-refractivity contribution in [2.24, 2.45) is 0 Å². The number of hydrogen-bond donors (Lipinski definition) is 1. The second kappa shape index (κ2) is 8.11. The molecule has 0 bridgehead atoms. The predicted octanol–water partition coefficient (Wildman–Crippen LogP) is 4.89. The number of benzene rings is 1. The lowest BCUT2D eigenvalue weighted by Crippen LogP contribution is -2.39. The van der Waals surface area contributed by atoms with Crippen LogP contribution in [0, 0.1) is 5.82 Å². The van der Waals surface area contributed by atoms with Gasteiger partial charge >= 0.3 is 12.1 Å². The van der Waals surface area contributed by atoms with Crippen molar-refractivity contribution in [3.8, 4) is 5.69 Å². The van der Waals surface area contributed by atoms with Gasteiger partial charge in [0.2, 0.25) is 0 Å². The van der Waals surface area contributed by atoms with Crippen LogP contribution in [0.3, 0.4) is 0 Å². The molecule has 166 valence electrons. The van der Waals surface area contributed by atoms with Crippen molar-refractivity contribution in [3.63, 3.8) is 0 Å². The van der Waals surface area contributed by atoms with Crippen LogP contribution in [-0.4, -0.2) is 50.3 Å². The Balaban J connectivity index is 1.77. The number of amides is 1. The Labute approximate surface area is 184 Å². The molecule has 7 nitrogen and oxygen atoms in total. The molecule has 0 saturated heterocycles. The number of pyridine rings is 1. The number of aromatic nitrogens is 2. The van der Waals surface area contributed by atoms with Crippen molar-refractivity contribution in [1.29, 1.82) is 0 Å². The SMILES string of the molecule is CC(C)(C)OC(=O)N1CCC=C(c2cn(-c3ccc(F)cc3C(=O)O)c3cnccc23)C1. The lowest BCUT2D eigenvalue weighted by Gasteiger charge is -2.30. The van der Waals surface area contributed by atoms with Crippen LogP contribution >= 0.6 is 0 Å². The third-order valence-electron chi connectivity index (χ3n) is 5.21. The largest absolute Gasteiger partial charge is 0.478 e. The summed E-state index contributed by atoms with van der Waals surface area (Å²) in [6, 6.07) is 5.52. The summed E-state index contributed by atoms with van der Waals surface area (Å²) in [5, 5.41) is 10.5. The van der Waals surface area contributed by atoms with Gasteiger partial charge in [0.15, 0.2) is 0 Å². The third kappa shape index (κ3) is 4.21. The molecule has 0 unspecified atom stereocenters. The Morgan fingerprint density at radius 2 is 2.00 bits per heavy atom. The van der Waals surface area contributed by atoms with Gasteiger partial charge in [0, 0.05) is 36.4 Å². The molecule has 0 saturated carbocycles. The summed E-state index contributed by atoms with van der Waals surface area (Å²) in [5.41, 5.74) is 2.07. The van der Waals surface area contributed by atoms with Crippen molar-refractivity contribution < 1.29 is 23.8 Å². The number of nitrogens with zero attached hydrogens (tertiary/aromatic N) is 3. The molecule has 1 amide bonds. The summed E-state index contributed by atoms with van der Waals surface area (Å²) in [6.07, 6.45) is 7.49. The fourth-order valence-electron chi connectivity index (χ4n) is 3.84. The minimum atomic E-state index is -1.22. The van der Waals surface area contributed by atoms with E-state index in [2.05, 4.69) is 11.1 Å². The lowest BCUT2D eigenvalue weighted by atomic mass is 10.0. The Morgan fingerprint density at radius 1 is 1.22 bits per heavy atom. The van der Waals surface area contributed by atoms with Crippen LogP contribution in [0.25, 0.3) is 22.2 Å². The standard InChI is InChI=1S/C24H24FN3O4/c1-24(2,3)32-23(31)27-10-4-5-15(13-27)19-14-28(21-12-26-9-8-17(19)21)20-7-6-16(25)11-18(20)22(29)30/h5-9,11-12,14H,4,10,13H2,1-3H3,(H,29,30). The molecular weight excluding hydrogens is 413 g/mol. The first kappa shape index (κ1) is 21.5. The summed E-state index contributed by atoms with van der Waals surface area (Å²) in [5.74, 6) is -1.84. The maximum Gasteiger partial charge on any atom is 0.410 e. The number of carboxylic acid groups (broad SMARTS) is 1. The monoisotopic (exact) mass is 437 g/mol. The van der Waals surface area contributed by atoms with Gasteiger partial charge in [0.25, 0.3) is 0 Å². The van der Waals surface area contributed by atoms with Gasteiger partial charge in [-0.1, -0.05) is 6.08 Å². The van der Waals surface area contributed by atoms with Crippen LogP contribution in [-0.2, 0) is 4.74 Å². The van der Waals surface area contributed by atoms with Gasteiger partial charge in [-0.15, -0.1) is 0 Å². The molecule has 1 aliphatic rings. The molecule has 0 aliphatic carbocycles. The molecule has 8 heteroatoms. The van der Waals surface area contributed by atoms with Gasteiger partial charge in [0.1, 0.15) is 11.4 Å². The van der Waals surface area contributed by atoms with E-state index >= 15 is 0 Å². The molecule has 1 aliphatic heterocycles. The first-order valence-electron chi connectivity index (χ1n) is 10.3. The molecule has 0 atom stereocenters. The van der Waals surface area contributed by atoms with Crippen LogP contribution in [0.2, 0.25) is 0 Å². The van der Waals surface area contributed by atoms with Crippen molar-refractivity contribution >= 4 is 28.5 Å². The van der Waals surface area contributed by atoms with Gasteiger partial charge in [0.05, 0.1) is 23.0 Å². The zero-order valence-electron chi connectivity index (χ0n) is 18.1. The number of hydrogen-bond acceptors (Lipinski definition) is 4. The van der Waals surface area contributed by atoms with Crippen LogP contribution in [0.1, 0.15) is 43.1 Å². The van der Waals surface area contributed by atoms with Gasteiger partial charge in [-0.2, -0.15) is 0 Å². The molecule has 32 heavy (non-hydrogen) atoms. The molecule has 2 aromatic heterocycles. The summed E-state index contributed by atoms with van der Waals surface area (Å²) < 4.78 is 20.9. The summed E-state index contributed by atoms with van der Waals surface area (Å²) in [4.78, 5) is 30.2. The zero-order valence-corrected chi connectivity index (χ0v) is 18.1.